The molecule has 0 spiro atoms. The van der Waals surface area contributed by atoms with Crippen molar-refractivity contribution in [3.8, 4) is 0 Å². The normalized spacial score (nSPS) is 19.4. The summed E-state index contributed by atoms with van der Waals surface area (Å²) in [5, 5.41) is 20.0. The van der Waals surface area contributed by atoms with E-state index in [2.05, 4.69) is 14.9 Å². The van der Waals surface area contributed by atoms with E-state index < -0.39 is 4.92 Å². The lowest BCUT2D eigenvalue weighted by Gasteiger charge is -2.31. The van der Waals surface area contributed by atoms with Crippen molar-refractivity contribution in [2.24, 2.45) is 5.92 Å². The number of aliphatic hydroxyl groups excluding tert-OH is 1. The van der Waals surface area contributed by atoms with Crippen LogP contribution >= 0.6 is 0 Å². The van der Waals surface area contributed by atoms with E-state index in [1.165, 1.54) is 12.1 Å². The van der Waals surface area contributed by atoms with Gasteiger partial charge in [-0.3, -0.25) is 10.1 Å². The molecule has 2 N–H and O–H groups in total. The average molecular weight is 276 g/mol. The molecule has 20 heavy (non-hydrogen) atoms. The van der Waals surface area contributed by atoms with Crippen molar-refractivity contribution in [1.82, 2.24) is 9.97 Å². The zero-order chi connectivity index (χ0) is 14.1. The number of aliphatic hydroxyl groups is 1. The van der Waals surface area contributed by atoms with Gasteiger partial charge in [-0.1, -0.05) is 0 Å². The van der Waals surface area contributed by atoms with Crippen LogP contribution in [0.4, 0.5) is 11.6 Å². The van der Waals surface area contributed by atoms with Crippen molar-refractivity contribution in [3.63, 3.8) is 0 Å². The van der Waals surface area contributed by atoms with Gasteiger partial charge >= 0.3 is 0 Å². The zero-order valence-corrected chi connectivity index (χ0v) is 11.0. The smallest absolute Gasteiger partial charge is 0.271 e. The topological polar surface area (TPSA) is 95.3 Å². The maximum absolute atomic E-state index is 10.8. The highest BCUT2D eigenvalue weighted by Gasteiger charge is 2.22. The van der Waals surface area contributed by atoms with Gasteiger partial charge in [-0.05, 0) is 24.8 Å². The van der Waals surface area contributed by atoms with Crippen LogP contribution in [-0.2, 0) is 0 Å². The molecule has 0 radical (unpaired) electrons. The summed E-state index contributed by atoms with van der Waals surface area (Å²) in [6.07, 6.45) is 2.04. The minimum Gasteiger partial charge on any atom is -0.396 e. The summed E-state index contributed by atoms with van der Waals surface area (Å²) in [6.45, 7) is 1.83. The van der Waals surface area contributed by atoms with Gasteiger partial charge in [0.15, 0.2) is 0 Å². The summed E-state index contributed by atoms with van der Waals surface area (Å²) < 4.78 is 0. The fraction of sp³-hybridized carbons (Fsp3) is 0.462. The molecule has 0 saturated carbocycles. The summed E-state index contributed by atoms with van der Waals surface area (Å²) in [5.74, 6) is 0.991. The van der Waals surface area contributed by atoms with Crippen molar-refractivity contribution >= 4 is 22.7 Å². The third-order valence-electron chi connectivity index (χ3n) is 3.74. The highest BCUT2D eigenvalue weighted by Crippen LogP contribution is 2.25. The minimum absolute atomic E-state index is 0.0552. The Balaban J connectivity index is 1.90. The standard InChI is InChI=1S/C13H16N4O3/c18-8-9-2-1-5-16(7-9)13-14-11-4-3-10(17(19)20)6-12(11)15-13/h3-4,6,9,18H,1-2,5,7-8H2,(H,14,15)/t9-/m0/s1. The molecule has 1 aliphatic heterocycles. The quantitative estimate of drug-likeness (QED) is 0.657. The number of nitro benzene ring substituents is 1. The first kappa shape index (κ1) is 12.9. The van der Waals surface area contributed by atoms with E-state index in [0.717, 1.165) is 37.4 Å². The molecule has 2 aromatic rings. The summed E-state index contributed by atoms with van der Waals surface area (Å²) in [6, 6.07) is 4.61. The molecule has 7 heteroatoms. The first-order valence-electron chi connectivity index (χ1n) is 6.67. The average Bonchev–Trinajstić information content (AvgIpc) is 2.90. The monoisotopic (exact) mass is 276 g/mol. The number of hydrogen-bond acceptors (Lipinski definition) is 5. The fourth-order valence-corrected chi connectivity index (χ4v) is 2.65. The number of piperidine rings is 1. The number of aromatic amines is 1. The van der Waals surface area contributed by atoms with Crippen molar-refractivity contribution in [3.05, 3.63) is 28.3 Å². The molecule has 7 nitrogen and oxygen atoms in total. The van der Waals surface area contributed by atoms with Gasteiger partial charge < -0.3 is 15.0 Å². The van der Waals surface area contributed by atoms with Gasteiger partial charge in [-0.15, -0.1) is 0 Å². The molecule has 1 aromatic carbocycles. The predicted octanol–water partition coefficient (Wildman–Crippen LogP) is 1.68. The van der Waals surface area contributed by atoms with Crippen LogP contribution < -0.4 is 4.90 Å². The van der Waals surface area contributed by atoms with E-state index in [9.17, 15) is 15.2 Å². The molecular formula is C13H16N4O3. The Labute approximate surface area is 115 Å². The lowest BCUT2D eigenvalue weighted by molar-refractivity contribution is -0.384. The van der Waals surface area contributed by atoms with Gasteiger partial charge in [-0.2, -0.15) is 0 Å². The first-order valence-corrected chi connectivity index (χ1v) is 6.67. The second-order valence-corrected chi connectivity index (χ2v) is 5.16. The third kappa shape index (κ3) is 2.32. The van der Waals surface area contributed by atoms with Crippen LogP contribution in [-0.4, -0.2) is 39.7 Å². The Hall–Kier alpha value is -2.15. The van der Waals surface area contributed by atoms with Gasteiger partial charge in [0.1, 0.15) is 0 Å². The van der Waals surface area contributed by atoms with Gasteiger partial charge in [0.05, 0.1) is 16.0 Å². The van der Waals surface area contributed by atoms with Crippen LogP contribution in [0.5, 0.6) is 0 Å². The van der Waals surface area contributed by atoms with E-state index in [1.54, 1.807) is 6.07 Å². The fourth-order valence-electron chi connectivity index (χ4n) is 2.65. The number of imidazole rings is 1. The molecule has 1 fully saturated rings. The Bertz CT molecular complexity index is 640. The number of H-pyrrole nitrogens is 1. The number of nitrogens with one attached hydrogen (secondary N) is 1. The highest BCUT2D eigenvalue weighted by molar-refractivity contribution is 5.80. The Kier molecular flexibility index (Phi) is 3.27. The SMILES string of the molecule is O=[N+]([O-])c1ccc2nc(N3CCC[C@H](CO)C3)[nH]c2c1. The molecule has 0 bridgehead atoms. The predicted molar refractivity (Wildman–Crippen MR) is 74.8 cm³/mol. The largest absolute Gasteiger partial charge is 0.396 e. The van der Waals surface area contributed by atoms with Crippen LogP contribution in [0.2, 0.25) is 0 Å². The van der Waals surface area contributed by atoms with Crippen molar-refractivity contribution < 1.29 is 10.0 Å². The van der Waals surface area contributed by atoms with Gasteiger partial charge in [0.2, 0.25) is 5.95 Å². The molecule has 0 unspecified atom stereocenters. The Morgan fingerprint density at radius 2 is 2.40 bits per heavy atom. The van der Waals surface area contributed by atoms with E-state index in [0.29, 0.717) is 5.52 Å². The number of hydrogen-bond donors (Lipinski definition) is 2. The molecule has 1 atom stereocenters. The number of aromatic nitrogens is 2. The van der Waals surface area contributed by atoms with Crippen molar-refractivity contribution in [1.29, 1.82) is 0 Å². The minimum atomic E-state index is -0.414. The Morgan fingerprint density at radius 1 is 1.55 bits per heavy atom. The molecule has 1 saturated heterocycles. The van der Waals surface area contributed by atoms with Crippen LogP contribution in [0.25, 0.3) is 11.0 Å². The van der Waals surface area contributed by atoms with E-state index in [4.69, 9.17) is 0 Å². The summed E-state index contributed by atoms with van der Waals surface area (Å²) in [7, 11) is 0. The lowest BCUT2D eigenvalue weighted by atomic mass is 9.99. The van der Waals surface area contributed by atoms with Crippen LogP contribution in [0.1, 0.15) is 12.8 Å². The number of nitro groups is 1. The van der Waals surface area contributed by atoms with E-state index in [-0.39, 0.29) is 18.2 Å². The molecule has 0 aliphatic carbocycles. The van der Waals surface area contributed by atoms with Gasteiger partial charge in [0, 0.05) is 31.8 Å². The number of nitrogens with zero attached hydrogens (tertiary/aromatic N) is 3. The Morgan fingerprint density at radius 3 is 3.15 bits per heavy atom. The van der Waals surface area contributed by atoms with Gasteiger partial charge in [0.25, 0.3) is 5.69 Å². The van der Waals surface area contributed by atoms with Gasteiger partial charge in [-0.25, -0.2) is 4.98 Å². The maximum Gasteiger partial charge on any atom is 0.271 e. The van der Waals surface area contributed by atoms with Crippen molar-refractivity contribution in [2.45, 2.75) is 12.8 Å². The molecule has 1 aromatic heterocycles. The summed E-state index contributed by atoms with van der Waals surface area (Å²) >= 11 is 0. The summed E-state index contributed by atoms with van der Waals surface area (Å²) in [5.41, 5.74) is 1.44. The number of anilines is 1. The molecule has 1 aliphatic rings. The number of benzene rings is 1. The van der Waals surface area contributed by atoms with Crippen molar-refractivity contribution in [2.75, 3.05) is 24.6 Å². The first-order chi connectivity index (χ1) is 9.67. The molecule has 106 valence electrons. The lowest BCUT2D eigenvalue weighted by Crippen LogP contribution is -2.37. The van der Waals surface area contributed by atoms with Crippen LogP contribution in [0.15, 0.2) is 18.2 Å². The molecule has 0 amide bonds. The molecule has 2 heterocycles. The zero-order valence-electron chi connectivity index (χ0n) is 11.0. The summed E-state index contributed by atoms with van der Waals surface area (Å²) in [4.78, 5) is 20.1. The highest BCUT2D eigenvalue weighted by atomic mass is 16.6. The van der Waals surface area contributed by atoms with Crippen LogP contribution in [0, 0.1) is 16.0 Å². The maximum atomic E-state index is 10.8. The molecular weight excluding hydrogens is 260 g/mol. The second-order valence-electron chi connectivity index (χ2n) is 5.16. The second kappa shape index (κ2) is 5.09. The number of rotatable bonds is 3. The van der Waals surface area contributed by atoms with E-state index in [1.807, 2.05) is 0 Å². The van der Waals surface area contributed by atoms with Crippen LogP contribution in [0.3, 0.4) is 0 Å². The molecule has 3 rings (SSSR count). The number of non-ortho nitro benzene ring substituents is 1. The van der Waals surface area contributed by atoms with E-state index >= 15 is 0 Å². The third-order valence-corrected chi connectivity index (χ3v) is 3.74. The number of fused-ring (bicyclic) bond motifs is 1.